The third-order valence-electron chi connectivity index (χ3n) is 4.05. The molecule has 0 aromatic carbocycles. The van der Waals surface area contributed by atoms with E-state index in [4.69, 9.17) is 4.52 Å². The van der Waals surface area contributed by atoms with Crippen LogP contribution in [0.15, 0.2) is 21.3 Å². The fourth-order valence-corrected chi connectivity index (χ4v) is 5.41. The number of halogens is 1. The van der Waals surface area contributed by atoms with Gasteiger partial charge in [0.05, 0.1) is 6.42 Å². The van der Waals surface area contributed by atoms with Crippen LogP contribution in [0, 0.1) is 0 Å². The van der Waals surface area contributed by atoms with E-state index in [1.165, 1.54) is 25.1 Å². The Labute approximate surface area is 133 Å². The zero-order valence-electron chi connectivity index (χ0n) is 11.3. The summed E-state index contributed by atoms with van der Waals surface area (Å²) in [6, 6.07) is 0.0587. The van der Waals surface area contributed by atoms with Crippen molar-refractivity contribution in [1.29, 1.82) is 0 Å². The van der Waals surface area contributed by atoms with Gasteiger partial charge in [0.25, 0.3) is 0 Å². The highest BCUT2D eigenvalue weighted by Crippen LogP contribution is 2.47. The molecule has 2 aliphatic heterocycles. The third-order valence-corrected chi connectivity index (χ3v) is 7.12. The molecule has 3 rings (SSSR count). The number of carbonyl (C=O) groups excluding carboxylic acids is 1. The van der Waals surface area contributed by atoms with Crippen LogP contribution in [0.1, 0.15) is 19.1 Å². The van der Waals surface area contributed by atoms with Crippen molar-refractivity contribution in [3.63, 3.8) is 0 Å². The molecule has 1 aromatic rings. The van der Waals surface area contributed by atoms with E-state index in [9.17, 15) is 23.1 Å². The second kappa shape index (κ2) is 4.66. The van der Waals surface area contributed by atoms with Gasteiger partial charge in [-0.15, -0.1) is 0 Å². The second-order valence-corrected chi connectivity index (χ2v) is 8.64. The van der Waals surface area contributed by atoms with Gasteiger partial charge in [0.1, 0.15) is 14.7 Å². The number of sulfone groups is 1. The summed E-state index contributed by atoms with van der Waals surface area (Å²) in [6.45, 7) is 1.30. The standard InChI is InChI=1S/C12H11BrN2O6S/c1-12(3-2-6-4-7(13)14-21-6)10(11(17)18)15-8(16)5-9(15)22(12,19)20/h2-4,9-10H,5H2,1H3,(H,17,18)/b3-2-/t9-,10+,12+/m1/s1. The Morgan fingerprint density at radius 1 is 1.64 bits per heavy atom. The van der Waals surface area contributed by atoms with Crippen molar-refractivity contribution in [3.05, 3.63) is 22.5 Å². The summed E-state index contributed by atoms with van der Waals surface area (Å²) >= 11 is 3.09. The smallest absolute Gasteiger partial charge is 0.328 e. The monoisotopic (exact) mass is 390 g/mol. The summed E-state index contributed by atoms with van der Waals surface area (Å²) in [6.07, 6.45) is 2.42. The quantitative estimate of drug-likeness (QED) is 0.752. The fourth-order valence-electron chi connectivity index (χ4n) is 2.84. The molecule has 22 heavy (non-hydrogen) atoms. The van der Waals surface area contributed by atoms with E-state index in [2.05, 4.69) is 21.1 Å². The van der Waals surface area contributed by atoms with E-state index in [0.717, 1.165) is 4.90 Å². The van der Waals surface area contributed by atoms with Crippen LogP contribution in [0.4, 0.5) is 0 Å². The van der Waals surface area contributed by atoms with E-state index in [1.54, 1.807) is 0 Å². The van der Waals surface area contributed by atoms with Crippen LogP contribution in [0.3, 0.4) is 0 Å². The topological polar surface area (TPSA) is 118 Å². The first-order valence-electron chi connectivity index (χ1n) is 6.27. The number of fused-ring (bicyclic) bond motifs is 1. The molecule has 3 atom stereocenters. The number of hydrogen-bond donors (Lipinski definition) is 1. The molecule has 2 fully saturated rings. The maximum absolute atomic E-state index is 12.6. The predicted molar refractivity (Wildman–Crippen MR) is 77.2 cm³/mol. The number of aromatic nitrogens is 1. The van der Waals surface area contributed by atoms with E-state index in [1.807, 2.05) is 0 Å². The summed E-state index contributed by atoms with van der Waals surface area (Å²) < 4.78 is 28.8. The Morgan fingerprint density at radius 2 is 2.32 bits per heavy atom. The molecule has 0 spiro atoms. The molecule has 1 N–H and O–H groups in total. The highest BCUT2D eigenvalue weighted by molar-refractivity contribution is 9.10. The Hall–Kier alpha value is -1.68. The molecule has 0 unspecified atom stereocenters. The van der Waals surface area contributed by atoms with Crippen molar-refractivity contribution in [2.24, 2.45) is 0 Å². The maximum Gasteiger partial charge on any atom is 0.328 e. The van der Waals surface area contributed by atoms with Crippen molar-refractivity contribution in [2.75, 3.05) is 0 Å². The molecule has 1 aromatic heterocycles. The van der Waals surface area contributed by atoms with Crippen LogP contribution in [-0.2, 0) is 19.4 Å². The lowest BCUT2D eigenvalue weighted by Crippen LogP contribution is -2.57. The van der Waals surface area contributed by atoms with E-state index in [-0.39, 0.29) is 12.2 Å². The van der Waals surface area contributed by atoms with E-state index >= 15 is 0 Å². The van der Waals surface area contributed by atoms with Crippen LogP contribution in [-0.4, -0.2) is 51.6 Å². The lowest BCUT2D eigenvalue weighted by Gasteiger charge is -2.35. The van der Waals surface area contributed by atoms with Crippen LogP contribution in [0.5, 0.6) is 0 Å². The van der Waals surface area contributed by atoms with E-state index < -0.39 is 37.9 Å². The molecular weight excluding hydrogens is 380 g/mol. The molecular formula is C12H11BrN2O6S. The number of carboxylic acids is 1. The molecule has 10 heteroatoms. The van der Waals surface area contributed by atoms with Gasteiger partial charge < -0.3 is 14.5 Å². The van der Waals surface area contributed by atoms with Crippen molar-refractivity contribution in [1.82, 2.24) is 10.1 Å². The van der Waals surface area contributed by atoms with Crippen molar-refractivity contribution in [2.45, 2.75) is 29.5 Å². The van der Waals surface area contributed by atoms with Crippen molar-refractivity contribution in [3.8, 4) is 0 Å². The van der Waals surface area contributed by atoms with Gasteiger partial charge in [-0.25, -0.2) is 13.2 Å². The van der Waals surface area contributed by atoms with Gasteiger partial charge >= 0.3 is 5.97 Å². The highest BCUT2D eigenvalue weighted by atomic mass is 79.9. The molecule has 0 saturated carbocycles. The lowest BCUT2D eigenvalue weighted by atomic mass is 9.96. The Bertz CT molecular complexity index is 800. The van der Waals surface area contributed by atoms with Gasteiger partial charge in [0, 0.05) is 6.07 Å². The van der Waals surface area contributed by atoms with Crippen LogP contribution >= 0.6 is 15.9 Å². The van der Waals surface area contributed by atoms with Gasteiger partial charge in [-0.05, 0) is 28.9 Å². The summed E-state index contributed by atoms with van der Waals surface area (Å²) in [7, 11) is -3.85. The normalized spacial score (nSPS) is 33.0. The molecule has 8 nitrogen and oxygen atoms in total. The number of rotatable bonds is 3. The highest BCUT2D eigenvalue weighted by Gasteiger charge is 2.69. The zero-order chi connectivity index (χ0) is 16.3. The summed E-state index contributed by atoms with van der Waals surface area (Å²) in [5, 5.41) is 11.9. The second-order valence-electron chi connectivity index (χ2n) is 5.31. The van der Waals surface area contributed by atoms with Gasteiger partial charge in [0.2, 0.25) is 5.91 Å². The average Bonchev–Trinajstić information content (AvgIpc) is 2.88. The molecule has 3 heterocycles. The first-order chi connectivity index (χ1) is 10.2. The Morgan fingerprint density at radius 3 is 2.82 bits per heavy atom. The molecule has 118 valence electrons. The zero-order valence-corrected chi connectivity index (χ0v) is 13.7. The minimum atomic E-state index is -3.85. The maximum atomic E-state index is 12.6. The summed E-state index contributed by atoms with van der Waals surface area (Å²) in [5.74, 6) is -1.56. The predicted octanol–water partition coefficient (Wildman–Crippen LogP) is 0.649. The SMILES string of the molecule is C[C@]1(/C=C\c2cc(Br)no2)[C@H](C(=O)O)N2C(=O)C[C@H]2S1(=O)=O. The Balaban J connectivity index is 2.06. The minimum Gasteiger partial charge on any atom is -0.480 e. The number of carbonyl (C=O) groups is 2. The number of β-lactam (4-membered cyclic amide) rings is 1. The number of hydrogen-bond acceptors (Lipinski definition) is 6. The molecule has 0 aliphatic carbocycles. The van der Waals surface area contributed by atoms with Crippen LogP contribution < -0.4 is 0 Å². The van der Waals surface area contributed by atoms with Gasteiger partial charge in [0.15, 0.2) is 21.6 Å². The summed E-state index contributed by atoms with van der Waals surface area (Å²) in [5.41, 5.74) is 0. The summed E-state index contributed by atoms with van der Waals surface area (Å²) in [4.78, 5) is 24.1. The van der Waals surface area contributed by atoms with Gasteiger partial charge in [-0.2, -0.15) is 0 Å². The third kappa shape index (κ3) is 1.86. The molecule has 0 bridgehead atoms. The number of aliphatic carboxylic acids is 1. The van der Waals surface area contributed by atoms with Gasteiger partial charge in [-0.3, -0.25) is 4.79 Å². The molecule has 1 amide bonds. The largest absolute Gasteiger partial charge is 0.480 e. The Kier molecular flexibility index (Phi) is 3.22. The fraction of sp³-hybridized carbons (Fsp3) is 0.417. The van der Waals surface area contributed by atoms with E-state index in [0.29, 0.717) is 4.60 Å². The molecule has 0 radical (unpaired) electrons. The number of carboxylic acid groups (broad SMARTS) is 1. The molecule has 2 saturated heterocycles. The van der Waals surface area contributed by atoms with Crippen molar-refractivity contribution >= 4 is 43.7 Å². The average molecular weight is 391 g/mol. The molecule has 2 aliphatic rings. The first kappa shape index (κ1) is 15.2. The van der Waals surface area contributed by atoms with Crippen LogP contribution in [0.2, 0.25) is 0 Å². The minimum absolute atomic E-state index is 0.177. The number of amides is 1. The lowest BCUT2D eigenvalue weighted by molar-refractivity contribution is -0.157. The first-order valence-corrected chi connectivity index (χ1v) is 8.61. The van der Waals surface area contributed by atoms with Crippen LogP contribution in [0.25, 0.3) is 6.08 Å². The number of nitrogens with zero attached hydrogens (tertiary/aromatic N) is 2. The van der Waals surface area contributed by atoms with Crippen molar-refractivity contribution < 1.29 is 27.6 Å². The van der Waals surface area contributed by atoms with Gasteiger partial charge in [-0.1, -0.05) is 11.2 Å².